The van der Waals surface area contributed by atoms with Gasteiger partial charge in [-0.05, 0) is 85.5 Å². The van der Waals surface area contributed by atoms with Crippen molar-refractivity contribution in [3.63, 3.8) is 0 Å². The van der Waals surface area contributed by atoms with Gasteiger partial charge < -0.3 is 15.5 Å². The number of rotatable bonds is 8. The molecule has 1 saturated heterocycles. The van der Waals surface area contributed by atoms with Gasteiger partial charge in [-0.3, -0.25) is 9.79 Å². The summed E-state index contributed by atoms with van der Waals surface area (Å²) in [7, 11) is -3.64. The van der Waals surface area contributed by atoms with E-state index in [1.807, 2.05) is 12.1 Å². The normalized spacial score (nSPS) is 22.8. The summed E-state index contributed by atoms with van der Waals surface area (Å²) < 4.78 is 28.8. The van der Waals surface area contributed by atoms with Crippen LogP contribution in [0.3, 0.4) is 0 Å². The second-order valence-electron chi connectivity index (χ2n) is 11.1. The van der Waals surface area contributed by atoms with Crippen molar-refractivity contribution in [3.8, 4) is 0 Å². The molecule has 0 aromatic heterocycles. The number of anilines is 2. The average Bonchev–Trinajstić information content (AvgIpc) is 3.73. The van der Waals surface area contributed by atoms with Gasteiger partial charge in [0.05, 0.1) is 10.6 Å². The van der Waals surface area contributed by atoms with Gasteiger partial charge in [-0.25, -0.2) is 13.1 Å². The highest BCUT2D eigenvalue weighted by atomic mass is 32.2. The molecule has 0 radical (unpaired) electrons. The number of nitrogens with zero attached hydrogens (tertiary/aromatic N) is 2. The van der Waals surface area contributed by atoms with Crippen molar-refractivity contribution in [1.82, 2.24) is 10.0 Å². The average molecular weight is 536 g/mol. The Balaban J connectivity index is 1.33. The summed E-state index contributed by atoms with van der Waals surface area (Å²) in [4.78, 5) is 21.1. The van der Waals surface area contributed by atoms with E-state index in [1.165, 1.54) is 12.1 Å². The summed E-state index contributed by atoms with van der Waals surface area (Å²) in [6.45, 7) is 4.40. The van der Waals surface area contributed by atoms with Crippen molar-refractivity contribution < 1.29 is 13.2 Å². The maximum absolute atomic E-state index is 13.4. The minimum absolute atomic E-state index is 0.123. The zero-order valence-corrected chi connectivity index (χ0v) is 22.6. The molecule has 2 aliphatic heterocycles. The smallest absolute Gasteiger partial charge is 0.240 e. The van der Waals surface area contributed by atoms with E-state index in [9.17, 15) is 13.2 Å². The zero-order chi connectivity index (χ0) is 26.1. The second kappa shape index (κ2) is 10.8. The highest BCUT2D eigenvalue weighted by Gasteiger charge is 2.39. The molecule has 2 aliphatic carbocycles. The lowest BCUT2D eigenvalue weighted by Crippen LogP contribution is -2.43. The number of fused-ring (bicyclic) bond motifs is 1. The Kier molecular flexibility index (Phi) is 7.24. The van der Waals surface area contributed by atoms with Crippen molar-refractivity contribution in [2.45, 2.75) is 55.8 Å². The van der Waals surface area contributed by atoms with E-state index in [2.05, 4.69) is 32.4 Å². The number of benzene rings is 2. The second-order valence-corrected chi connectivity index (χ2v) is 12.9. The van der Waals surface area contributed by atoms with E-state index in [1.54, 1.807) is 18.2 Å². The van der Waals surface area contributed by atoms with Crippen LogP contribution in [-0.2, 0) is 14.8 Å². The molecule has 4 aliphatic rings. The third kappa shape index (κ3) is 5.51. The number of carbonyl (C=O) groups is 1. The molecule has 2 saturated carbocycles. The summed E-state index contributed by atoms with van der Waals surface area (Å²) in [5.41, 5.74) is 4.27. The fourth-order valence-corrected chi connectivity index (χ4v) is 7.08. The number of carbonyl (C=O) groups excluding carboxylic acids is 1. The molecule has 9 heteroatoms. The Morgan fingerprint density at radius 3 is 2.42 bits per heavy atom. The molecule has 0 bridgehead atoms. The highest BCUT2D eigenvalue weighted by molar-refractivity contribution is 7.89. The Labute approximate surface area is 225 Å². The van der Waals surface area contributed by atoms with Crippen LogP contribution in [0.4, 0.5) is 17.1 Å². The molecular formula is C29H37N5O3S. The summed E-state index contributed by atoms with van der Waals surface area (Å²) in [6, 6.07) is 13.3. The fraction of sp³-hybridized carbons (Fsp3) is 0.517. The fourth-order valence-electron chi connectivity index (χ4n) is 5.93. The lowest BCUT2D eigenvalue weighted by atomic mass is 9.79. The molecule has 0 spiro atoms. The molecule has 202 valence electrons. The van der Waals surface area contributed by atoms with Crippen molar-refractivity contribution in [3.05, 3.63) is 48.0 Å². The molecule has 1 atom stereocenters. The van der Waals surface area contributed by atoms with E-state index >= 15 is 0 Å². The van der Waals surface area contributed by atoms with Crippen molar-refractivity contribution in [2.24, 2.45) is 16.8 Å². The third-order valence-corrected chi connectivity index (χ3v) is 9.75. The maximum atomic E-state index is 13.4. The molecule has 2 aromatic carbocycles. The maximum Gasteiger partial charge on any atom is 0.240 e. The van der Waals surface area contributed by atoms with Gasteiger partial charge in [0, 0.05) is 49.8 Å². The predicted molar refractivity (Wildman–Crippen MR) is 151 cm³/mol. The first-order valence-corrected chi connectivity index (χ1v) is 15.5. The van der Waals surface area contributed by atoms with Crippen LogP contribution in [0.5, 0.6) is 0 Å². The molecule has 2 aromatic rings. The van der Waals surface area contributed by atoms with Gasteiger partial charge in [0.2, 0.25) is 15.9 Å². The van der Waals surface area contributed by atoms with Crippen LogP contribution in [0.25, 0.3) is 0 Å². The Hall–Kier alpha value is -2.75. The molecule has 6 rings (SSSR count). The highest BCUT2D eigenvalue weighted by Crippen LogP contribution is 2.41. The van der Waals surface area contributed by atoms with E-state index in [-0.39, 0.29) is 16.7 Å². The predicted octanol–water partition coefficient (Wildman–Crippen LogP) is 4.17. The Morgan fingerprint density at radius 2 is 1.71 bits per heavy atom. The van der Waals surface area contributed by atoms with E-state index in [0.29, 0.717) is 23.7 Å². The first-order valence-electron chi connectivity index (χ1n) is 14.1. The number of sulfonamides is 1. The van der Waals surface area contributed by atoms with Crippen LogP contribution in [-0.4, -0.2) is 52.8 Å². The summed E-state index contributed by atoms with van der Waals surface area (Å²) in [5.74, 6) is -0.0634. The lowest BCUT2D eigenvalue weighted by Gasteiger charge is -2.29. The quantitative estimate of drug-likeness (QED) is 0.440. The van der Waals surface area contributed by atoms with Crippen LogP contribution in [0, 0.1) is 11.8 Å². The van der Waals surface area contributed by atoms with Gasteiger partial charge in [0.25, 0.3) is 0 Å². The number of hydrogen-bond acceptors (Lipinski definition) is 6. The first-order chi connectivity index (χ1) is 18.5. The standard InChI is InChI=1S/C29H37N5O3S/c35-29-27(25-18-24(12-13-26(25)33-29)38(36,37)31-19-20-6-7-20)28(21-4-2-1-3-5-21)32-22-8-10-23(11-9-22)34-16-14-30-15-17-34/h8-13,18,20-21,27,30-31H,1-7,14-17,19H2,(H,33,35). The Bertz CT molecular complexity index is 1310. The topological polar surface area (TPSA) is 103 Å². The molecule has 38 heavy (non-hydrogen) atoms. The van der Waals surface area contributed by atoms with Gasteiger partial charge in [-0.1, -0.05) is 19.3 Å². The van der Waals surface area contributed by atoms with Gasteiger partial charge in [-0.15, -0.1) is 0 Å². The largest absolute Gasteiger partial charge is 0.369 e. The van der Waals surface area contributed by atoms with Gasteiger partial charge in [0.15, 0.2) is 0 Å². The number of piperazine rings is 1. The zero-order valence-electron chi connectivity index (χ0n) is 21.8. The van der Waals surface area contributed by atoms with Crippen molar-refractivity contribution in [1.29, 1.82) is 0 Å². The summed E-state index contributed by atoms with van der Waals surface area (Å²) in [5, 5.41) is 6.38. The van der Waals surface area contributed by atoms with Crippen LogP contribution < -0.4 is 20.3 Å². The van der Waals surface area contributed by atoms with E-state index < -0.39 is 15.9 Å². The SMILES string of the molecule is O=C1Nc2ccc(S(=O)(=O)NCC3CC3)cc2C1C(=Nc1ccc(N2CCNCC2)cc1)C1CCCCC1. The van der Waals surface area contributed by atoms with Gasteiger partial charge >= 0.3 is 0 Å². The molecule has 1 unspecified atom stereocenters. The first kappa shape index (κ1) is 25.5. The van der Waals surface area contributed by atoms with Crippen molar-refractivity contribution >= 4 is 38.7 Å². The number of nitrogens with one attached hydrogen (secondary N) is 3. The van der Waals surface area contributed by atoms with Crippen LogP contribution in [0.2, 0.25) is 0 Å². The lowest BCUT2D eigenvalue weighted by molar-refractivity contribution is -0.115. The number of amides is 1. The minimum atomic E-state index is -3.64. The monoisotopic (exact) mass is 535 g/mol. The van der Waals surface area contributed by atoms with Gasteiger partial charge in [-0.2, -0.15) is 0 Å². The van der Waals surface area contributed by atoms with Crippen LogP contribution in [0.1, 0.15) is 56.4 Å². The minimum Gasteiger partial charge on any atom is -0.369 e. The van der Waals surface area contributed by atoms with E-state index in [4.69, 9.17) is 4.99 Å². The van der Waals surface area contributed by atoms with Crippen LogP contribution >= 0.6 is 0 Å². The molecule has 1 amide bonds. The summed E-state index contributed by atoms with van der Waals surface area (Å²) >= 11 is 0. The molecule has 8 nitrogen and oxygen atoms in total. The van der Waals surface area contributed by atoms with E-state index in [0.717, 1.165) is 76.1 Å². The Morgan fingerprint density at radius 1 is 0.974 bits per heavy atom. The van der Waals surface area contributed by atoms with Crippen LogP contribution in [0.15, 0.2) is 52.4 Å². The van der Waals surface area contributed by atoms with Gasteiger partial charge in [0.1, 0.15) is 5.92 Å². The summed E-state index contributed by atoms with van der Waals surface area (Å²) in [6.07, 6.45) is 7.58. The number of aliphatic imine (C=N–C) groups is 1. The van der Waals surface area contributed by atoms with Crippen molar-refractivity contribution in [2.75, 3.05) is 42.9 Å². The molecule has 3 N–H and O–H groups in total. The molecular weight excluding hydrogens is 498 g/mol. The molecule has 3 fully saturated rings. The number of hydrogen-bond donors (Lipinski definition) is 3. The molecule has 2 heterocycles. The third-order valence-electron chi connectivity index (χ3n) is 8.33.